The zero-order valence-corrected chi connectivity index (χ0v) is 17.3. The van der Waals surface area contributed by atoms with Crippen molar-refractivity contribution in [1.29, 1.82) is 0 Å². The molecule has 0 saturated carbocycles. The SMILES string of the molecule is CC(C)[C@@H](NC(=O)Nc1ccccc1)C(=O)OCC(=O)N1CCc2ccccc2C1. The molecule has 2 N–H and O–H groups in total. The molecule has 0 saturated heterocycles. The lowest BCUT2D eigenvalue weighted by Gasteiger charge is -2.29. The van der Waals surface area contributed by atoms with Crippen LogP contribution in [0.4, 0.5) is 10.5 Å². The molecule has 7 heteroatoms. The third-order valence-corrected chi connectivity index (χ3v) is 5.06. The summed E-state index contributed by atoms with van der Waals surface area (Å²) >= 11 is 0. The lowest BCUT2D eigenvalue weighted by atomic mass is 10.00. The van der Waals surface area contributed by atoms with E-state index in [1.54, 1.807) is 43.0 Å². The number of hydrogen-bond donors (Lipinski definition) is 2. The Balaban J connectivity index is 1.51. The molecule has 1 atom stereocenters. The van der Waals surface area contributed by atoms with Crippen LogP contribution in [0.3, 0.4) is 0 Å². The van der Waals surface area contributed by atoms with Crippen LogP contribution in [0.1, 0.15) is 25.0 Å². The second-order valence-corrected chi connectivity index (χ2v) is 7.63. The molecule has 0 aromatic heterocycles. The summed E-state index contributed by atoms with van der Waals surface area (Å²) in [7, 11) is 0. The summed E-state index contributed by atoms with van der Waals surface area (Å²) in [4.78, 5) is 39.0. The number of ether oxygens (including phenoxy) is 1. The van der Waals surface area contributed by atoms with Crippen LogP contribution in [0.15, 0.2) is 54.6 Å². The quantitative estimate of drug-likeness (QED) is 0.718. The summed E-state index contributed by atoms with van der Waals surface area (Å²) in [6.07, 6.45) is 0.783. The molecule has 30 heavy (non-hydrogen) atoms. The molecule has 1 heterocycles. The van der Waals surface area contributed by atoms with Crippen molar-refractivity contribution >= 4 is 23.6 Å². The van der Waals surface area contributed by atoms with Gasteiger partial charge in [-0.05, 0) is 35.6 Å². The topological polar surface area (TPSA) is 87.7 Å². The van der Waals surface area contributed by atoms with E-state index >= 15 is 0 Å². The van der Waals surface area contributed by atoms with Crippen LogP contribution >= 0.6 is 0 Å². The molecule has 1 aliphatic rings. The van der Waals surface area contributed by atoms with Crippen LogP contribution < -0.4 is 10.6 Å². The maximum atomic E-state index is 12.5. The molecular formula is C23H27N3O4. The van der Waals surface area contributed by atoms with Gasteiger partial charge < -0.3 is 20.3 Å². The molecule has 158 valence electrons. The number of para-hydroxylation sites is 1. The minimum absolute atomic E-state index is 0.198. The molecule has 3 rings (SSSR count). The molecule has 0 fully saturated rings. The van der Waals surface area contributed by atoms with Crippen molar-refractivity contribution in [2.24, 2.45) is 5.92 Å². The molecule has 0 bridgehead atoms. The number of hydrogen-bond acceptors (Lipinski definition) is 4. The molecule has 7 nitrogen and oxygen atoms in total. The fourth-order valence-electron chi connectivity index (χ4n) is 3.35. The number of nitrogens with zero attached hydrogens (tertiary/aromatic N) is 1. The first-order valence-corrected chi connectivity index (χ1v) is 10.1. The lowest BCUT2D eigenvalue weighted by molar-refractivity contribution is -0.154. The summed E-state index contributed by atoms with van der Waals surface area (Å²) < 4.78 is 5.25. The monoisotopic (exact) mass is 409 g/mol. The summed E-state index contributed by atoms with van der Waals surface area (Å²) in [6.45, 7) is 4.37. The smallest absolute Gasteiger partial charge is 0.329 e. The van der Waals surface area contributed by atoms with Gasteiger partial charge in [0.2, 0.25) is 0 Å². The minimum atomic E-state index is -0.858. The second-order valence-electron chi connectivity index (χ2n) is 7.63. The van der Waals surface area contributed by atoms with Crippen molar-refractivity contribution in [1.82, 2.24) is 10.2 Å². The van der Waals surface area contributed by atoms with Crippen molar-refractivity contribution in [3.8, 4) is 0 Å². The van der Waals surface area contributed by atoms with Gasteiger partial charge in [0.05, 0.1) is 0 Å². The first-order chi connectivity index (χ1) is 14.4. The number of amides is 3. The second kappa shape index (κ2) is 9.91. The highest BCUT2D eigenvalue weighted by Gasteiger charge is 2.28. The number of esters is 1. The minimum Gasteiger partial charge on any atom is -0.454 e. The fraction of sp³-hybridized carbons (Fsp3) is 0.348. The number of rotatable bonds is 6. The van der Waals surface area contributed by atoms with Gasteiger partial charge >= 0.3 is 12.0 Å². The molecule has 2 aromatic carbocycles. The average Bonchev–Trinajstić information content (AvgIpc) is 2.75. The van der Waals surface area contributed by atoms with E-state index in [9.17, 15) is 14.4 Å². The van der Waals surface area contributed by atoms with E-state index in [4.69, 9.17) is 4.74 Å². The van der Waals surface area contributed by atoms with E-state index in [0.717, 1.165) is 12.0 Å². The molecule has 0 radical (unpaired) electrons. The van der Waals surface area contributed by atoms with Crippen molar-refractivity contribution in [3.63, 3.8) is 0 Å². The van der Waals surface area contributed by atoms with Crippen LogP contribution in [0, 0.1) is 5.92 Å². The summed E-state index contributed by atoms with van der Waals surface area (Å²) in [5, 5.41) is 5.31. The Bertz CT molecular complexity index is 898. The number of urea groups is 1. The lowest BCUT2D eigenvalue weighted by Crippen LogP contribution is -2.48. The van der Waals surface area contributed by atoms with E-state index in [1.165, 1.54) is 5.56 Å². The predicted molar refractivity (Wildman–Crippen MR) is 114 cm³/mol. The highest BCUT2D eigenvalue weighted by atomic mass is 16.5. The van der Waals surface area contributed by atoms with Gasteiger partial charge in [-0.3, -0.25) is 4.79 Å². The Morgan fingerprint density at radius 3 is 2.37 bits per heavy atom. The Kier molecular flexibility index (Phi) is 7.06. The largest absolute Gasteiger partial charge is 0.454 e. The van der Waals surface area contributed by atoms with E-state index in [1.807, 2.05) is 24.3 Å². The standard InChI is InChI=1S/C23H27N3O4/c1-16(2)21(25-23(29)24-19-10-4-3-5-11-19)22(28)30-15-20(27)26-13-12-17-8-6-7-9-18(17)14-26/h3-11,16,21H,12-15H2,1-2H3,(H2,24,25,29)/t21-/m1/s1. The van der Waals surface area contributed by atoms with Gasteiger partial charge in [0, 0.05) is 18.8 Å². The van der Waals surface area contributed by atoms with E-state index in [0.29, 0.717) is 18.8 Å². The van der Waals surface area contributed by atoms with Crippen molar-refractivity contribution < 1.29 is 19.1 Å². The normalized spacial score (nSPS) is 13.9. The number of nitrogens with one attached hydrogen (secondary N) is 2. The van der Waals surface area contributed by atoms with Gasteiger partial charge in [-0.1, -0.05) is 56.3 Å². The number of fused-ring (bicyclic) bond motifs is 1. The Morgan fingerprint density at radius 2 is 1.67 bits per heavy atom. The summed E-state index contributed by atoms with van der Waals surface area (Å²) in [6, 6.07) is 15.6. The molecule has 3 amide bonds. The maximum absolute atomic E-state index is 12.5. The molecule has 0 spiro atoms. The van der Waals surface area contributed by atoms with Gasteiger partial charge in [0.15, 0.2) is 6.61 Å². The predicted octanol–water partition coefficient (Wildman–Crippen LogP) is 2.96. The van der Waals surface area contributed by atoms with Gasteiger partial charge in [-0.25, -0.2) is 9.59 Å². The highest BCUT2D eigenvalue weighted by Crippen LogP contribution is 2.18. The Morgan fingerprint density at radius 1 is 1.00 bits per heavy atom. The summed E-state index contributed by atoms with van der Waals surface area (Å²) in [5.74, 6) is -1.07. The third kappa shape index (κ3) is 5.59. The molecular weight excluding hydrogens is 382 g/mol. The zero-order chi connectivity index (χ0) is 21.5. The average molecular weight is 409 g/mol. The molecule has 0 unspecified atom stereocenters. The van der Waals surface area contributed by atoms with Gasteiger partial charge in [0.25, 0.3) is 5.91 Å². The van der Waals surface area contributed by atoms with Crippen LogP contribution in [-0.2, 0) is 27.3 Å². The van der Waals surface area contributed by atoms with E-state index in [-0.39, 0.29) is 18.4 Å². The first-order valence-electron chi connectivity index (χ1n) is 10.1. The Hall–Kier alpha value is -3.35. The van der Waals surface area contributed by atoms with Crippen molar-refractivity contribution in [2.45, 2.75) is 32.9 Å². The zero-order valence-electron chi connectivity index (χ0n) is 17.3. The number of anilines is 1. The van der Waals surface area contributed by atoms with Crippen LogP contribution in [0.5, 0.6) is 0 Å². The van der Waals surface area contributed by atoms with Crippen LogP contribution in [-0.4, -0.2) is 42.0 Å². The third-order valence-electron chi connectivity index (χ3n) is 5.06. The molecule has 1 aliphatic heterocycles. The maximum Gasteiger partial charge on any atom is 0.329 e. The fourth-order valence-corrected chi connectivity index (χ4v) is 3.35. The number of benzene rings is 2. The highest BCUT2D eigenvalue weighted by molar-refractivity contribution is 5.93. The van der Waals surface area contributed by atoms with E-state index < -0.39 is 18.0 Å². The molecule has 2 aromatic rings. The van der Waals surface area contributed by atoms with Crippen LogP contribution in [0.25, 0.3) is 0 Å². The van der Waals surface area contributed by atoms with Gasteiger partial charge in [0.1, 0.15) is 6.04 Å². The Labute approximate surface area is 176 Å². The van der Waals surface area contributed by atoms with Gasteiger partial charge in [-0.2, -0.15) is 0 Å². The van der Waals surface area contributed by atoms with Gasteiger partial charge in [-0.15, -0.1) is 0 Å². The summed E-state index contributed by atoms with van der Waals surface area (Å²) in [5.41, 5.74) is 2.97. The van der Waals surface area contributed by atoms with Crippen molar-refractivity contribution in [2.75, 3.05) is 18.5 Å². The first kappa shape index (κ1) is 21.4. The van der Waals surface area contributed by atoms with Crippen LogP contribution in [0.2, 0.25) is 0 Å². The number of carbonyl (C=O) groups is 3. The van der Waals surface area contributed by atoms with Crippen molar-refractivity contribution in [3.05, 3.63) is 65.7 Å². The molecule has 0 aliphatic carbocycles. The number of carbonyl (C=O) groups excluding carboxylic acids is 3. The van der Waals surface area contributed by atoms with E-state index in [2.05, 4.69) is 16.7 Å².